The minimum atomic E-state index is -0.972. The standard InChI is InChI=1S/C11H12N2O2/c12-9(11(14)15)5-7-6-13-10-4-2-1-3-8(7)10/h1-4,6,9,13H,5,12H2,(H,14,15)/t9-/m0/s1/i6+1. The van der Waals surface area contributed by atoms with Gasteiger partial charge < -0.3 is 15.8 Å². The van der Waals surface area contributed by atoms with Crippen LogP contribution in [0.3, 0.4) is 0 Å². The van der Waals surface area contributed by atoms with E-state index in [-0.39, 0.29) is 0 Å². The fourth-order valence-electron chi connectivity index (χ4n) is 1.62. The van der Waals surface area contributed by atoms with Crippen molar-refractivity contribution in [3.8, 4) is 0 Å². The fourth-order valence-corrected chi connectivity index (χ4v) is 1.62. The predicted octanol–water partition coefficient (Wildman–Crippen LogP) is 1.12. The molecule has 0 spiro atoms. The summed E-state index contributed by atoms with van der Waals surface area (Å²) in [5.74, 6) is -0.972. The van der Waals surface area contributed by atoms with Gasteiger partial charge in [-0.05, 0) is 11.6 Å². The number of hydrogen-bond donors (Lipinski definition) is 3. The van der Waals surface area contributed by atoms with Gasteiger partial charge in [0, 0.05) is 23.5 Å². The monoisotopic (exact) mass is 205 g/mol. The Morgan fingerprint density at radius 1 is 1.47 bits per heavy atom. The third kappa shape index (κ3) is 1.85. The Kier molecular flexibility index (Phi) is 2.43. The van der Waals surface area contributed by atoms with E-state index in [1.54, 1.807) is 0 Å². The third-order valence-electron chi connectivity index (χ3n) is 2.43. The zero-order valence-corrected chi connectivity index (χ0v) is 8.10. The molecule has 0 aliphatic carbocycles. The summed E-state index contributed by atoms with van der Waals surface area (Å²) in [5.41, 5.74) is 7.43. The summed E-state index contributed by atoms with van der Waals surface area (Å²) in [6, 6.07) is 6.91. The van der Waals surface area contributed by atoms with Crippen LogP contribution in [-0.2, 0) is 11.2 Å². The molecule has 1 aromatic carbocycles. The molecule has 4 N–H and O–H groups in total. The van der Waals surface area contributed by atoms with Gasteiger partial charge in [0.15, 0.2) is 0 Å². The quantitative estimate of drug-likeness (QED) is 0.702. The second-order valence-corrected chi connectivity index (χ2v) is 3.51. The highest BCUT2D eigenvalue weighted by Gasteiger charge is 2.14. The van der Waals surface area contributed by atoms with Crippen LogP contribution < -0.4 is 5.73 Å². The molecule has 0 saturated heterocycles. The number of aliphatic carboxylic acids is 1. The Bertz CT molecular complexity index is 490. The maximum absolute atomic E-state index is 10.6. The van der Waals surface area contributed by atoms with E-state index in [9.17, 15) is 4.79 Å². The summed E-state index contributed by atoms with van der Waals surface area (Å²) in [6.45, 7) is 0. The van der Waals surface area contributed by atoms with Crippen LogP contribution in [0.15, 0.2) is 30.5 Å². The first-order valence-electron chi connectivity index (χ1n) is 4.72. The number of H-pyrrole nitrogens is 1. The van der Waals surface area contributed by atoms with Crippen molar-refractivity contribution < 1.29 is 9.90 Å². The molecule has 1 heterocycles. The number of aromatic amines is 1. The summed E-state index contributed by atoms with van der Waals surface area (Å²) in [4.78, 5) is 13.7. The van der Waals surface area contributed by atoms with Crippen LogP contribution in [0.2, 0.25) is 0 Å². The molecular formula is C11H12N2O2. The second-order valence-electron chi connectivity index (χ2n) is 3.51. The number of hydrogen-bond acceptors (Lipinski definition) is 2. The normalized spacial score (nSPS) is 12.9. The van der Waals surface area contributed by atoms with Crippen LogP contribution in [0.1, 0.15) is 5.56 Å². The van der Waals surface area contributed by atoms with Gasteiger partial charge in [-0.2, -0.15) is 0 Å². The SMILES string of the molecule is N[C@@H](Cc1[13cH][nH]c2ccccc12)C(=O)O. The van der Waals surface area contributed by atoms with Crippen molar-refractivity contribution in [2.24, 2.45) is 5.73 Å². The van der Waals surface area contributed by atoms with Gasteiger partial charge in [-0.3, -0.25) is 4.79 Å². The fraction of sp³-hybridized carbons (Fsp3) is 0.182. The summed E-state index contributed by atoms with van der Waals surface area (Å²) < 4.78 is 0. The van der Waals surface area contributed by atoms with Crippen molar-refractivity contribution in [3.05, 3.63) is 36.0 Å². The van der Waals surface area contributed by atoms with Crippen LogP contribution in [0, 0.1) is 0 Å². The van der Waals surface area contributed by atoms with E-state index in [1.165, 1.54) is 0 Å². The maximum atomic E-state index is 10.6. The molecule has 2 aromatic rings. The van der Waals surface area contributed by atoms with E-state index in [2.05, 4.69) is 4.98 Å². The largest absolute Gasteiger partial charge is 0.480 e. The molecule has 15 heavy (non-hydrogen) atoms. The molecule has 78 valence electrons. The van der Waals surface area contributed by atoms with E-state index < -0.39 is 12.0 Å². The molecule has 0 amide bonds. The molecule has 0 aliphatic heterocycles. The number of fused-ring (bicyclic) bond motifs is 1. The number of benzene rings is 1. The number of rotatable bonds is 3. The van der Waals surface area contributed by atoms with Crippen molar-refractivity contribution in [2.75, 3.05) is 0 Å². The molecule has 0 aliphatic rings. The van der Waals surface area contributed by atoms with Gasteiger partial charge in [-0.25, -0.2) is 0 Å². The third-order valence-corrected chi connectivity index (χ3v) is 2.43. The molecular weight excluding hydrogens is 193 g/mol. The summed E-state index contributed by atoms with van der Waals surface area (Å²) in [7, 11) is 0. The molecule has 4 nitrogen and oxygen atoms in total. The van der Waals surface area contributed by atoms with Crippen LogP contribution >= 0.6 is 0 Å². The predicted molar refractivity (Wildman–Crippen MR) is 57.6 cm³/mol. The lowest BCUT2D eigenvalue weighted by atomic mass is 10.1. The van der Waals surface area contributed by atoms with Gasteiger partial charge >= 0.3 is 5.97 Å². The van der Waals surface area contributed by atoms with Crippen molar-refractivity contribution in [3.63, 3.8) is 0 Å². The van der Waals surface area contributed by atoms with Crippen LogP contribution in [0.4, 0.5) is 0 Å². The number of carbonyl (C=O) groups is 1. The zero-order valence-electron chi connectivity index (χ0n) is 8.10. The highest BCUT2D eigenvalue weighted by Crippen LogP contribution is 2.18. The lowest BCUT2D eigenvalue weighted by Crippen LogP contribution is -2.32. The van der Waals surface area contributed by atoms with Gasteiger partial charge in [-0.1, -0.05) is 18.2 Å². The molecule has 1 aromatic heterocycles. The molecule has 0 unspecified atom stereocenters. The minimum Gasteiger partial charge on any atom is -0.480 e. The lowest BCUT2D eigenvalue weighted by molar-refractivity contribution is -0.138. The van der Waals surface area contributed by atoms with Crippen molar-refractivity contribution in [2.45, 2.75) is 12.5 Å². The highest BCUT2D eigenvalue weighted by molar-refractivity contribution is 5.84. The second kappa shape index (κ2) is 3.74. The Morgan fingerprint density at radius 2 is 2.20 bits per heavy atom. The number of carboxylic acids is 1. The summed E-state index contributed by atoms with van der Waals surface area (Å²) in [6.07, 6.45) is 2.16. The van der Waals surface area contributed by atoms with Crippen molar-refractivity contribution >= 4 is 16.9 Å². The maximum Gasteiger partial charge on any atom is 0.320 e. The van der Waals surface area contributed by atoms with E-state index in [1.807, 2.05) is 30.5 Å². The van der Waals surface area contributed by atoms with Crippen LogP contribution in [0.25, 0.3) is 10.9 Å². The van der Waals surface area contributed by atoms with Gasteiger partial charge in [0.1, 0.15) is 6.04 Å². The smallest absolute Gasteiger partial charge is 0.320 e. The number of carboxylic acid groups (broad SMARTS) is 1. The van der Waals surface area contributed by atoms with E-state index in [0.29, 0.717) is 6.42 Å². The van der Waals surface area contributed by atoms with Gasteiger partial charge in [0.25, 0.3) is 0 Å². The molecule has 4 heteroatoms. The molecule has 0 fully saturated rings. The van der Waals surface area contributed by atoms with E-state index in [4.69, 9.17) is 10.8 Å². The van der Waals surface area contributed by atoms with Gasteiger partial charge in [-0.15, -0.1) is 0 Å². The van der Waals surface area contributed by atoms with Crippen molar-refractivity contribution in [1.29, 1.82) is 0 Å². The Balaban J connectivity index is 2.32. The first-order chi connectivity index (χ1) is 7.18. The highest BCUT2D eigenvalue weighted by atomic mass is 16.4. The Morgan fingerprint density at radius 3 is 2.93 bits per heavy atom. The Labute approximate surface area is 86.7 Å². The zero-order chi connectivity index (χ0) is 10.8. The average molecular weight is 205 g/mol. The molecule has 0 bridgehead atoms. The molecule has 0 saturated carbocycles. The molecule has 1 atom stereocenters. The topological polar surface area (TPSA) is 79.1 Å². The number of aromatic nitrogens is 1. The van der Waals surface area contributed by atoms with Crippen molar-refractivity contribution in [1.82, 2.24) is 4.98 Å². The summed E-state index contributed by atoms with van der Waals surface area (Å²) >= 11 is 0. The van der Waals surface area contributed by atoms with E-state index >= 15 is 0 Å². The Hall–Kier alpha value is -1.81. The lowest BCUT2D eigenvalue weighted by Gasteiger charge is -2.04. The number of para-hydroxylation sites is 1. The molecule has 2 rings (SSSR count). The van der Waals surface area contributed by atoms with E-state index in [0.717, 1.165) is 16.5 Å². The first kappa shape index (κ1) is 9.73. The summed E-state index contributed by atoms with van der Waals surface area (Å²) in [5, 5.41) is 9.75. The van der Waals surface area contributed by atoms with Gasteiger partial charge in [0.05, 0.1) is 0 Å². The van der Waals surface area contributed by atoms with Crippen LogP contribution in [0.5, 0.6) is 0 Å². The first-order valence-corrected chi connectivity index (χ1v) is 4.72. The number of nitrogens with two attached hydrogens (primary N) is 1. The average Bonchev–Trinajstić information content (AvgIpc) is 2.62. The molecule has 0 radical (unpaired) electrons. The minimum absolute atomic E-state index is 0.347. The van der Waals surface area contributed by atoms with Crippen LogP contribution in [-0.4, -0.2) is 22.1 Å². The van der Waals surface area contributed by atoms with Gasteiger partial charge in [0.2, 0.25) is 0 Å². The number of nitrogens with one attached hydrogen (secondary N) is 1.